The van der Waals surface area contributed by atoms with Gasteiger partial charge in [0.15, 0.2) is 5.16 Å². The Morgan fingerprint density at radius 2 is 1.92 bits per heavy atom. The Balaban J connectivity index is 1.54. The molecule has 0 radical (unpaired) electrons. The average Bonchev–Trinajstić information content (AvgIpc) is 3.01. The molecule has 0 bridgehead atoms. The number of piperidine rings is 1. The van der Waals surface area contributed by atoms with E-state index in [-0.39, 0.29) is 5.91 Å². The lowest BCUT2D eigenvalue weighted by molar-refractivity contribution is 0.0950. The lowest BCUT2D eigenvalue weighted by Crippen LogP contribution is -2.29. The molecule has 0 saturated carbocycles. The zero-order valence-corrected chi connectivity index (χ0v) is 15.8. The van der Waals surface area contributed by atoms with Crippen LogP contribution in [-0.4, -0.2) is 39.7 Å². The molecule has 0 aliphatic carbocycles. The minimum atomic E-state index is -0.0450. The molecular weight excluding hydrogens is 332 g/mol. The van der Waals surface area contributed by atoms with E-state index in [1.54, 1.807) is 11.8 Å². The number of carbonyl (C=O) groups excluding carboxylic acids is 1. The molecule has 134 valence electrons. The Hall–Kier alpha value is -1.79. The summed E-state index contributed by atoms with van der Waals surface area (Å²) in [5.74, 6) is -0.0450. The van der Waals surface area contributed by atoms with Gasteiger partial charge in [0.05, 0.1) is 18.4 Å². The minimum Gasteiger partial charge on any atom is -0.346 e. The van der Waals surface area contributed by atoms with Crippen LogP contribution in [0.25, 0.3) is 0 Å². The second-order valence-corrected chi connectivity index (χ2v) is 7.29. The van der Waals surface area contributed by atoms with E-state index >= 15 is 0 Å². The third kappa shape index (κ3) is 4.64. The van der Waals surface area contributed by atoms with Gasteiger partial charge in [-0.2, -0.15) is 0 Å². The number of amides is 1. The van der Waals surface area contributed by atoms with E-state index in [1.165, 1.54) is 37.9 Å². The molecule has 0 spiro atoms. The second-order valence-electron chi connectivity index (χ2n) is 6.51. The van der Waals surface area contributed by atoms with Crippen molar-refractivity contribution < 1.29 is 4.79 Å². The van der Waals surface area contributed by atoms with Crippen LogP contribution in [0.15, 0.2) is 35.6 Å². The number of hydrogen-bond acceptors (Lipinski definition) is 4. The van der Waals surface area contributed by atoms with Gasteiger partial charge in [0.1, 0.15) is 0 Å². The molecule has 0 atom stereocenters. The smallest absolute Gasteiger partial charge is 0.251 e. The zero-order chi connectivity index (χ0) is 17.6. The maximum absolute atomic E-state index is 12.4. The zero-order valence-electron chi connectivity index (χ0n) is 15.0. The van der Waals surface area contributed by atoms with Gasteiger partial charge in [-0.25, -0.2) is 4.98 Å². The summed E-state index contributed by atoms with van der Waals surface area (Å²) in [7, 11) is 1.97. The van der Waals surface area contributed by atoms with Crippen molar-refractivity contribution in [3.63, 3.8) is 0 Å². The molecule has 2 aromatic rings. The average molecular weight is 359 g/mol. The van der Waals surface area contributed by atoms with Crippen LogP contribution in [0.2, 0.25) is 0 Å². The Labute approximate surface area is 153 Å². The van der Waals surface area contributed by atoms with Crippen molar-refractivity contribution in [1.29, 1.82) is 0 Å². The van der Waals surface area contributed by atoms with E-state index in [4.69, 9.17) is 0 Å². The van der Waals surface area contributed by atoms with E-state index < -0.39 is 0 Å². The monoisotopic (exact) mass is 358 g/mol. The topological polar surface area (TPSA) is 50.2 Å². The molecule has 2 heterocycles. The van der Waals surface area contributed by atoms with Gasteiger partial charge in [-0.3, -0.25) is 9.69 Å². The molecule has 1 amide bonds. The van der Waals surface area contributed by atoms with Crippen LogP contribution in [0.3, 0.4) is 0 Å². The van der Waals surface area contributed by atoms with Crippen LogP contribution in [-0.2, 0) is 20.1 Å². The van der Waals surface area contributed by atoms with Crippen molar-refractivity contribution in [2.24, 2.45) is 7.05 Å². The summed E-state index contributed by atoms with van der Waals surface area (Å²) < 4.78 is 2.01. The summed E-state index contributed by atoms with van der Waals surface area (Å²) in [6.07, 6.45) is 7.76. The Bertz CT molecular complexity index is 705. The molecular formula is C19H26N4OS. The Morgan fingerprint density at radius 3 is 2.56 bits per heavy atom. The first-order valence-corrected chi connectivity index (χ1v) is 10.0. The van der Waals surface area contributed by atoms with Gasteiger partial charge >= 0.3 is 0 Å². The molecule has 1 saturated heterocycles. The largest absolute Gasteiger partial charge is 0.346 e. The number of hydrogen-bond donors (Lipinski definition) is 1. The molecule has 25 heavy (non-hydrogen) atoms. The molecule has 1 fully saturated rings. The van der Waals surface area contributed by atoms with Crippen molar-refractivity contribution in [1.82, 2.24) is 19.8 Å². The van der Waals surface area contributed by atoms with E-state index in [2.05, 4.69) is 27.3 Å². The number of thioether (sulfide) groups is 1. The summed E-state index contributed by atoms with van der Waals surface area (Å²) in [5, 5.41) is 3.93. The summed E-state index contributed by atoms with van der Waals surface area (Å²) >= 11 is 1.60. The van der Waals surface area contributed by atoms with Crippen molar-refractivity contribution >= 4 is 17.7 Å². The highest BCUT2D eigenvalue weighted by Gasteiger charge is 2.12. The van der Waals surface area contributed by atoms with Crippen LogP contribution in [0.4, 0.5) is 0 Å². The fraction of sp³-hybridized carbons (Fsp3) is 0.474. The molecule has 1 aliphatic rings. The van der Waals surface area contributed by atoms with Crippen molar-refractivity contribution in [3.05, 3.63) is 47.3 Å². The number of likely N-dealkylation sites (tertiary alicyclic amines) is 1. The number of nitrogens with zero attached hydrogens (tertiary/aromatic N) is 3. The van der Waals surface area contributed by atoms with E-state index in [9.17, 15) is 4.79 Å². The predicted molar refractivity (Wildman–Crippen MR) is 102 cm³/mol. The lowest BCUT2D eigenvalue weighted by atomic mass is 10.1. The maximum Gasteiger partial charge on any atom is 0.251 e. The van der Waals surface area contributed by atoms with Gasteiger partial charge in [0.2, 0.25) is 0 Å². The van der Waals surface area contributed by atoms with E-state index in [0.717, 1.165) is 17.4 Å². The number of nitrogens with one attached hydrogen (secondary N) is 1. The molecule has 3 rings (SSSR count). The summed E-state index contributed by atoms with van der Waals surface area (Å²) in [5.41, 5.74) is 2.98. The standard InChI is InChI=1S/C19H26N4OS/c1-22-17(13-21-19(22)25-2)12-20-18(24)16-8-6-15(7-9-16)14-23-10-4-3-5-11-23/h6-9,13H,3-5,10-12,14H2,1-2H3,(H,20,24). The first kappa shape index (κ1) is 18.0. The molecule has 1 N–H and O–H groups in total. The van der Waals surface area contributed by atoms with Gasteiger partial charge in [-0.05, 0) is 49.9 Å². The number of carbonyl (C=O) groups is 1. The van der Waals surface area contributed by atoms with Crippen LogP contribution in [0.5, 0.6) is 0 Å². The molecule has 1 aliphatic heterocycles. The molecule has 1 aromatic carbocycles. The third-order valence-corrected chi connectivity index (χ3v) is 5.47. The van der Waals surface area contributed by atoms with Crippen LogP contribution >= 0.6 is 11.8 Å². The highest BCUT2D eigenvalue weighted by molar-refractivity contribution is 7.98. The van der Waals surface area contributed by atoms with Crippen LogP contribution in [0, 0.1) is 0 Å². The normalized spacial score (nSPS) is 15.3. The molecule has 0 unspecified atom stereocenters. The Kier molecular flexibility index (Phi) is 6.15. The SMILES string of the molecule is CSc1ncc(CNC(=O)c2ccc(CN3CCCCC3)cc2)n1C. The summed E-state index contributed by atoms with van der Waals surface area (Å²) in [4.78, 5) is 19.2. The fourth-order valence-electron chi connectivity index (χ4n) is 3.19. The van der Waals surface area contributed by atoms with E-state index in [0.29, 0.717) is 12.1 Å². The Morgan fingerprint density at radius 1 is 1.20 bits per heavy atom. The van der Waals surface area contributed by atoms with Gasteiger partial charge in [-0.1, -0.05) is 30.3 Å². The summed E-state index contributed by atoms with van der Waals surface area (Å²) in [6, 6.07) is 7.98. The molecule has 6 heteroatoms. The highest BCUT2D eigenvalue weighted by Crippen LogP contribution is 2.15. The quantitative estimate of drug-likeness (QED) is 0.807. The second kappa shape index (κ2) is 8.54. The number of rotatable bonds is 6. The number of aromatic nitrogens is 2. The van der Waals surface area contributed by atoms with Gasteiger partial charge in [-0.15, -0.1) is 0 Å². The molecule has 5 nitrogen and oxygen atoms in total. The summed E-state index contributed by atoms with van der Waals surface area (Å²) in [6.45, 7) is 3.84. The van der Waals surface area contributed by atoms with E-state index in [1.807, 2.05) is 36.2 Å². The van der Waals surface area contributed by atoms with Crippen LogP contribution in [0.1, 0.15) is 40.9 Å². The first-order chi connectivity index (χ1) is 12.2. The van der Waals surface area contributed by atoms with Gasteiger partial charge in [0, 0.05) is 19.2 Å². The maximum atomic E-state index is 12.4. The van der Waals surface area contributed by atoms with Gasteiger partial charge < -0.3 is 9.88 Å². The third-order valence-electron chi connectivity index (χ3n) is 4.73. The van der Waals surface area contributed by atoms with Crippen molar-refractivity contribution in [3.8, 4) is 0 Å². The van der Waals surface area contributed by atoms with Gasteiger partial charge in [0.25, 0.3) is 5.91 Å². The fourth-order valence-corrected chi connectivity index (χ4v) is 3.74. The number of benzene rings is 1. The predicted octanol–water partition coefficient (Wildman–Crippen LogP) is 3.06. The van der Waals surface area contributed by atoms with Crippen molar-refractivity contribution in [2.75, 3.05) is 19.3 Å². The minimum absolute atomic E-state index is 0.0450. The molecule has 1 aromatic heterocycles. The van der Waals surface area contributed by atoms with Crippen molar-refractivity contribution in [2.45, 2.75) is 37.5 Å². The number of imidazole rings is 1. The first-order valence-electron chi connectivity index (χ1n) is 8.81. The highest BCUT2D eigenvalue weighted by atomic mass is 32.2. The van der Waals surface area contributed by atoms with Crippen LogP contribution < -0.4 is 5.32 Å². The lowest BCUT2D eigenvalue weighted by Gasteiger charge is -2.26.